The van der Waals surface area contributed by atoms with Crippen molar-refractivity contribution in [2.45, 2.75) is 31.9 Å². The Bertz CT molecular complexity index is 635. The predicted molar refractivity (Wildman–Crippen MR) is 76.9 cm³/mol. The van der Waals surface area contributed by atoms with Gasteiger partial charge in [0.15, 0.2) is 0 Å². The van der Waals surface area contributed by atoms with Gasteiger partial charge >= 0.3 is 0 Å². The van der Waals surface area contributed by atoms with Crippen LogP contribution in [0.3, 0.4) is 0 Å². The normalized spacial score (nSPS) is 25.4. The van der Waals surface area contributed by atoms with Gasteiger partial charge in [-0.2, -0.15) is 0 Å². The summed E-state index contributed by atoms with van der Waals surface area (Å²) in [5.74, 6) is 0. The van der Waals surface area contributed by atoms with Gasteiger partial charge in [0.25, 0.3) is 0 Å². The second kappa shape index (κ2) is 4.19. The highest BCUT2D eigenvalue weighted by Gasteiger charge is 2.42. The van der Waals surface area contributed by atoms with Gasteiger partial charge in [-0.05, 0) is 41.7 Å². The first-order valence-corrected chi connectivity index (χ1v) is 6.68. The molecule has 98 valence electrons. The molecule has 0 spiro atoms. The minimum atomic E-state index is -0.952. The number of aryl methyl sites for hydroxylation is 1. The lowest BCUT2D eigenvalue weighted by Gasteiger charge is -2.27. The molecule has 2 aromatic rings. The Hall–Kier alpha value is -1.64. The van der Waals surface area contributed by atoms with Crippen molar-refractivity contribution in [1.29, 1.82) is 0 Å². The molecule has 2 atom stereocenters. The maximum Gasteiger partial charge on any atom is 0.117 e. The van der Waals surface area contributed by atoms with Gasteiger partial charge in [0, 0.05) is 12.5 Å². The monoisotopic (exact) mass is 253 g/mol. The summed E-state index contributed by atoms with van der Waals surface area (Å²) in [5.41, 5.74) is 10.6. The van der Waals surface area contributed by atoms with Crippen LogP contribution in [-0.2, 0) is 5.60 Å². The molecule has 0 aromatic heterocycles. The number of nitrogens with two attached hydrogens (primary N) is 1. The zero-order chi connectivity index (χ0) is 13.6. The highest BCUT2D eigenvalue weighted by atomic mass is 16.3. The molecule has 1 aliphatic rings. The summed E-state index contributed by atoms with van der Waals surface area (Å²) in [6, 6.07) is 13.9. The molecule has 0 heterocycles. The number of hydrogen-bond donors (Lipinski definition) is 2. The zero-order valence-electron chi connectivity index (χ0n) is 11.4. The molecule has 19 heavy (non-hydrogen) atoms. The van der Waals surface area contributed by atoms with Gasteiger partial charge in [0.1, 0.15) is 5.60 Å². The summed E-state index contributed by atoms with van der Waals surface area (Å²) in [6.07, 6.45) is 0.552. The molecular formula is C17H19NO. The maximum absolute atomic E-state index is 11.2. The third-order valence-electron chi connectivity index (χ3n) is 4.37. The van der Waals surface area contributed by atoms with Crippen molar-refractivity contribution in [2.24, 2.45) is 5.73 Å². The Labute approximate surface area is 113 Å². The van der Waals surface area contributed by atoms with E-state index in [-0.39, 0.29) is 6.04 Å². The Morgan fingerprint density at radius 3 is 2.53 bits per heavy atom. The largest absolute Gasteiger partial charge is 0.380 e. The van der Waals surface area contributed by atoms with Crippen molar-refractivity contribution in [2.75, 3.05) is 0 Å². The van der Waals surface area contributed by atoms with Crippen LogP contribution in [0, 0.1) is 13.8 Å². The third kappa shape index (κ3) is 1.71. The molecule has 0 aliphatic heterocycles. The Morgan fingerprint density at radius 2 is 1.74 bits per heavy atom. The van der Waals surface area contributed by atoms with Crippen molar-refractivity contribution in [3.63, 3.8) is 0 Å². The van der Waals surface area contributed by atoms with Gasteiger partial charge in [-0.15, -0.1) is 0 Å². The average Bonchev–Trinajstić information content (AvgIpc) is 2.67. The van der Waals surface area contributed by atoms with E-state index in [9.17, 15) is 5.11 Å². The second-order valence-corrected chi connectivity index (χ2v) is 5.51. The van der Waals surface area contributed by atoms with Crippen molar-refractivity contribution < 1.29 is 5.11 Å². The molecule has 0 radical (unpaired) electrons. The molecule has 2 heteroatoms. The van der Waals surface area contributed by atoms with Crippen molar-refractivity contribution in [1.82, 2.24) is 0 Å². The lowest BCUT2D eigenvalue weighted by atomic mass is 9.84. The van der Waals surface area contributed by atoms with Crippen LogP contribution in [0.25, 0.3) is 0 Å². The fraction of sp³-hybridized carbons (Fsp3) is 0.294. The van der Waals surface area contributed by atoms with Crippen LogP contribution >= 0.6 is 0 Å². The maximum atomic E-state index is 11.2. The molecule has 3 N–H and O–H groups in total. The van der Waals surface area contributed by atoms with Crippen molar-refractivity contribution in [3.8, 4) is 0 Å². The van der Waals surface area contributed by atoms with Gasteiger partial charge in [-0.3, -0.25) is 0 Å². The standard InChI is InChI=1S/C17H19NO/c1-11-6-5-9-14(12(11)2)17(19)10-16(18)13-7-3-4-8-15(13)17/h3-9,16,19H,10,18H2,1-2H3. The van der Waals surface area contributed by atoms with E-state index in [4.69, 9.17) is 5.73 Å². The smallest absolute Gasteiger partial charge is 0.117 e. The summed E-state index contributed by atoms with van der Waals surface area (Å²) >= 11 is 0. The molecular weight excluding hydrogens is 234 g/mol. The van der Waals surface area contributed by atoms with Gasteiger partial charge in [-0.1, -0.05) is 42.5 Å². The van der Waals surface area contributed by atoms with Crippen LogP contribution in [0.4, 0.5) is 0 Å². The van der Waals surface area contributed by atoms with Crippen LogP contribution < -0.4 is 5.73 Å². The first kappa shape index (κ1) is 12.4. The minimum Gasteiger partial charge on any atom is -0.380 e. The predicted octanol–water partition coefficient (Wildman–Crippen LogP) is 2.94. The molecule has 1 aliphatic carbocycles. The molecule has 0 amide bonds. The number of hydrogen-bond acceptors (Lipinski definition) is 2. The topological polar surface area (TPSA) is 46.2 Å². The minimum absolute atomic E-state index is 0.0962. The summed E-state index contributed by atoms with van der Waals surface area (Å²) in [5, 5.41) is 11.2. The van der Waals surface area contributed by atoms with E-state index < -0.39 is 5.60 Å². The summed E-state index contributed by atoms with van der Waals surface area (Å²) in [4.78, 5) is 0. The Morgan fingerprint density at radius 1 is 1.05 bits per heavy atom. The van der Waals surface area contributed by atoms with Gasteiger partial charge in [0.05, 0.1) is 0 Å². The van der Waals surface area contributed by atoms with Crippen LogP contribution in [0.2, 0.25) is 0 Å². The average molecular weight is 253 g/mol. The lowest BCUT2D eigenvalue weighted by molar-refractivity contribution is 0.0769. The fourth-order valence-corrected chi connectivity index (χ4v) is 3.19. The molecule has 0 saturated heterocycles. The third-order valence-corrected chi connectivity index (χ3v) is 4.37. The zero-order valence-corrected chi connectivity index (χ0v) is 11.4. The number of rotatable bonds is 1. The van der Waals surface area contributed by atoms with Crippen LogP contribution in [0.5, 0.6) is 0 Å². The summed E-state index contributed by atoms with van der Waals surface area (Å²) < 4.78 is 0. The SMILES string of the molecule is Cc1cccc(C2(O)CC(N)c3ccccc32)c1C. The van der Waals surface area contributed by atoms with E-state index in [2.05, 4.69) is 19.9 Å². The van der Waals surface area contributed by atoms with Crippen LogP contribution in [-0.4, -0.2) is 5.11 Å². The van der Waals surface area contributed by atoms with Gasteiger partial charge in [-0.25, -0.2) is 0 Å². The highest BCUT2D eigenvalue weighted by Crippen LogP contribution is 2.47. The fourth-order valence-electron chi connectivity index (χ4n) is 3.19. The molecule has 2 nitrogen and oxygen atoms in total. The number of fused-ring (bicyclic) bond motifs is 1. The number of benzene rings is 2. The molecule has 0 fully saturated rings. The van der Waals surface area contributed by atoms with Crippen LogP contribution in [0.15, 0.2) is 42.5 Å². The highest BCUT2D eigenvalue weighted by molar-refractivity contribution is 5.50. The van der Waals surface area contributed by atoms with Crippen molar-refractivity contribution in [3.05, 3.63) is 70.3 Å². The van der Waals surface area contributed by atoms with E-state index in [1.54, 1.807) is 0 Å². The van der Waals surface area contributed by atoms with E-state index in [0.717, 1.165) is 22.3 Å². The molecule has 3 rings (SSSR count). The second-order valence-electron chi connectivity index (χ2n) is 5.51. The summed E-state index contributed by atoms with van der Waals surface area (Å²) in [7, 11) is 0. The number of aliphatic hydroxyl groups is 1. The van der Waals surface area contributed by atoms with Gasteiger partial charge in [0.2, 0.25) is 0 Å². The molecule has 2 unspecified atom stereocenters. The molecule has 0 bridgehead atoms. The van der Waals surface area contributed by atoms with Crippen molar-refractivity contribution >= 4 is 0 Å². The first-order chi connectivity index (χ1) is 9.04. The molecule has 0 saturated carbocycles. The van der Waals surface area contributed by atoms with Gasteiger partial charge < -0.3 is 10.8 Å². The summed E-state index contributed by atoms with van der Waals surface area (Å²) in [6.45, 7) is 4.14. The molecule has 2 aromatic carbocycles. The Kier molecular flexibility index (Phi) is 2.73. The van der Waals surface area contributed by atoms with E-state index in [0.29, 0.717) is 6.42 Å². The van der Waals surface area contributed by atoms with Crippen LogP contribution in [0.1, 0.15) is 40.3 Å². The lowest BCUT2D eigenvalue weighted by Crippen LogP contribution is -2.26. The quantitative estimate of drug-likeness (QED) is 0.820. The first-order valence-electron chi connectivity index (χ1n) is 6.68. The van der Waals surface area contributed by atoms with E-state index in [1.165, 1.54) is 5.56 Å². The Balaban J connectivity index is 2.23. The van der Waals surface area contributed by atoms with E-state index in [1.807, 2.05) is 36.4 Å². The van der Waals surface area contributed by atoms with E-state index >= 15 is 0 Å².